The van der Waals surface area contributed by atoms with Crippen LogP contribution >= 0.6 is 0 Å². The molecule has 4 aromatic rings. The number of ether oxygens (including phenoxy) is 1. The van der Waals surface area contributed by atoms with E-state index in [1.54, 1.807) is 4.57 Å². The number of fused-ring (bicyclic) bond motifs is 3. The first-order chi connectivity index (χ1) is 19.8. The first-order valence-corrected chi connectivity index (χ1v) is 14.3. The number of carbonyl (C=O) groups is 1. The monoisotopic (exact) mass is 558 g/mol. The number of nitrogens with one attached hydrogen (secondary N) is 2. The largest absolute Gasteiger partial charge is 0.451 e. The lowest BCUT2D eigenvalue weighted by Crippen LogP contribution is -2.34. The van der Waals surface area contributed by atoms with Gasteiger partial charge in [0.2, 0.25) is 5.43 Å². The van der Waals surface area contributed by atoms with Gasteiger partial charge in [-0.25, -0.2) is 4.39 Å². The number of pyridine rings is 1. The number of aliphatic hydroxyl groups is 1. The summed E-state index contributed by atoms with van der Waals surface area (Å²) >= 11 is 0. The first-order valence-electron chi connectivity index (χ1n) is 14.3. The van der Waals surface area contributed by atoms with Gasteiger partial charge in [0.15, 0.2) is 17.3 Å². The maximum atomic E-state index is 15.8. The molecule has 1 saturated heterocycles. The molecule has 1 fully saturated rings. The average Bonchev–Trinajstić information content (AvgIpc) is 3.37. The number of hydrogen-bond acceptors (Lipinski definition) is 6. The van der Waals surface area contributed by atoms with Gasteiger partial charge in [0, 0.05) is 18.8 Å². The lowest BCUT2D eigenvalue weighted by molar-refractivity contribution is 0.0949. The van der Waals surface area contributed by atoms with E-state index in [1.165, 1.54) is 6.20 Å². The van der Waals surface area contributed by atoms with Gasteiger partial charge >= 0.3 is 0 Å². The molecule has 41 heavy (non-hydrogen) atoms. The van der Waals surface area contributed by atoms with Crippen molar-refractivity contribution in [3.8, 4) is 17.2 Å². The Bertz CT molecular complexity index is 1720. The predicted octanol–water partition coefficient (Wildman–Crippen LogP) is 5.03. The van der Waals surface area contributed by atoms with E-state index >= 15 is 4.39 Å². The Morgan fingerprint density at radius 2 is 1.95 bits per heavy atom. The third-order valence-electron chi connectivity index (χ3n) is 8.50. The Morgan fingerprint density at radius 1 is 1.20 bits per heavy atom. The fourth-order valence-corrected chi connectivity index (χ4v) is 6.00. The van der Waals surface area contributed by atoms with Crippen LogP contribution < -0.4 is 20.8 Å². The zero-order valence-electron chi connectivity index (χ0n) is 23.5. The minimum absolute atomic E-state index is 0.000553. The summed E-state index contributed by atoms with van der Waals surface area (Å²) < 4.78 is 23.8. The fourth-order valence-electron chi connectivity index (χ4n) is 6.00. The molecule has 2 atom stereocenters. The molecule has 3 aromatic carbocycles. The van der Waals surface area contributed by atoms with Crippen LogP contribution in [0.15, 0.2) is 53.5 Å². The Hall–Kier alpha value is -3.95. The first kappa shape index (κ1) is 27.2. The van der Waals surface area contributed by atoms with Crippen molar-refractivity contribution in [3.63, 3.8) is 0 Å². The summed E-state index contributed by atoms with van der Waals surface area (Å²) in [5.74, 6) is -0.564. The van der Waals surface area contributed by atoms with E-state index in [0.717, 1.165) is 42.6 Å². The Morgan fingerprint density at radius 3 is 2.63 bits per heavy atom. The summed E-state index contributed by atoms with van der Waals surface area (Å²) in [4.78, 5) is 29.4. The van der Waals surface area contributed by atoms with Crippen LogP contribution in [0.1, 0.15) is 43.5 Å². The third-order valence-corrected chi connectivity index (χ3v) is 8.50. The predicted molar refractivity (Wildman–Crippen MR) is 159 cm³/mol. The molecule has 0 radical (unpaired) electrons. The van der Waals surface area contributed by atoms with Gasteiger partial charge in [-0.3, -0.25) is 9.59 Å². The standard InChI is InChI=1S/C32H35FN4O4/c1-18(2)25(17-38)35-28-24(33)15-22-29-31(28)41-27-14-20-8-5-4-7-19(20)13-26(27)37(29)16-23(30(22)39)32(40)34-11-10-21-9-6-12-36(21)3/h4-5,7-8,13-16,18,21,25,35,38H,6,9-12,17H2,1-3H3,(H,34,40). The lowest BCUT2D eigenvalue weighted by Gasteiger charge is -2.29. The number of nitrogens with zero attached hydrogens (tertiary/aromatic N) is 2. The highest BCUT2D eigenvalue weighted by Crippen LogP contribution is 2.46. The number of likely N-dealkylation sites (tertiary alicyclic amines) is 1. The summed E-state index contributed by atoms with van der Waals surface area (Å²) in [6, 6.07) is 12.7. The molecule has 2 aliphatic rings. The minimum Gasteiger partial charge on any atom is -0.451 e. The van der Waals surface area contributed by atoms with E-state index in [4.69, 9.17) is 4.74 Å². The fraction of sp³-hybridized carbons (Fsp3) is 0.375. The molecule has 9 heteroatoms. The second-order valence-electron chi connectivity index (χ2n) is 11.5. The molecule has 0 bridgehead atoms. The molecule has 2 aliphatic heterocycles. The molecule has 0 aliphatic carbocycles. The molecule has 8 nitrogen and oxygen atoms in total. The molecular formula is C32H35FN4O4. The number of halogens is 1. The van der Waals surface area contributed by atoms with E-state index in [0.29, 0.717) is 29.5 Å². The quantitative estimate of drug-likeness (QED) is 0.247. The average molecular weight is 559 g/mol. The summed E-state index contributed by atoms with van der Waals surface area (Å²) in [6.45, 7) is 5.12. The van der Waals surface area contributed by atoms with Crippen LogP contribution in [0.4, 0.5) is 10.1 Å². The molecule has 3 N–H and O–H groups in total. The smallest absolute Gasteiger partial charge is 0.256 e. The Kier molecular flexibility index (Phi) is 7.17. The molecule has 1 amide bonds. The van der Waals surface area contributed by atoms with Gasteiger partial charge < -0.3 is 29.9 Å². The van der Waals surface area contributed by atoms with Crippen molar-refractivity contribution in [1.82, 2.24) is 14.8 Å². The van der Waals surface area contributed by atoms with E-state index < -0.39 is 23.2 Å². The number of amides is 1. The van der Waals surface area contributed by atoms with Gasteiger partial charge in [-0.15, -0.1) is 0 Å². The van der Waals surface area contributed by atoms with Crippen molar-refractivity contribution in [2.45, 2.75) is 45.2 Å². The highest BCUT2D eigenvalue weighted by atomic mass is 19.1. The third kappa shape index (κ3) is 4.83. The Balaban J connectivity index is 1.49. The normalized spacial score (nSPS) is 17.1. The van der Waals surface area contributed by atoms with Crippen molar-refractivity contribution in [2.75, 3.05) is 32.1 Å². The summed E-state index contributed by atoms with van der Waals surface area (Å²) in [5.41, 5.74) is 0.456. The molecule has 2 unspecified atom stereocenters. The highest BCUT2D eigenvalue weighted by molar-refractivity contribution is 6.02. The molecule has 6 rings (SSSR count). The molecule has 0 saturated carbocycles. The minimum atomic E-state index is -0.693. The van der Waals surface area contributed by atoms with Crippen LogP contribution in [-0.2, 0) is 0 Å². The van der Waals surface area contributed by atoms with E-state index in [9.17, 15) is 14.7 Å². The van der Waals surface area contributed by atoms with E-state index in [1.807, 2.05) is 50.2 Å². The number of anilines is 1. The van der Waals surface area contributed by atoms with Crippen LogP contribution in [0.2, 0.25) is 0 Å². The van der Waals surface area contributed by atoms with E-state index in [-0.39, 0.29) is 34.9 Å². The summed E-state index contributed by atoms with van der Waals surface area (Å²) in [7, 11) is 2.09. The number of benzene rings is 3. The van der Waals surface area contributed by atoms with Gasteiger partial charge in [0.1, 0.15) is 16.8 Å². The number of hydrogen-bond donors (Lipinski definition) is 3. The van der Waals surface area contributed by atoms with Crippen molar-refractivity contribution >= 4 is 33.3 Å². The van der Waals surface area contributed by atoms with Crippen LogP contribution in [0.3, 0.4) is 0 Å². The molecule has 214 valence electrons. The van der Waals surface area contributed by atoms with Crippen molar-refractivity contribution < 1.29 is 19.0 Å². The van der Waals surface area contributed by atoms with Gasteiger partial charge in [-0.2, -0.15) is 0 Å². The molecule has 0 spiro atoms. The maximum Gasteiger partial charge on any atom is 0.256 e. The second kappa shape index (κ2) is 10.8. The number of aromatic nitrogens is 1. The molecular weight excluding hydrogens is 523 g/mol. The van der Waals surface area contributed by atoms with Gasteiger partial charge in [-0.1, -0.05) is 38.1 Å². The highest BCUT2D eigenvalue weighted by Gasteiger charge is 2.30. The zero-order valence-corrected chi connectivity index (χ0v) is 23.5. The zero-order chi connectivity index (χ0) is 28.8. The van der Waals surface area contributed by atoms with Crippen LogP contribution in [0, 0.1) is 11.7 Å². The van der Waals surface area contributed by atoms with Crippen molar-refractivity contribution in [3.05, 3.63) is 70.3 Å². The second-order valence-corrected chi connectivity index (χ2v) is 11.5. The molecule has 3 heterocycles. The summed E-state index contributed by atoms with van der Waals surface area (Å²) in [6.07, 6.45) is 4.56. The van der Waals surface area contributed by atoms with E-state index in [2.05, 4.69) is 22.6 Å². The summed E-state index contributed by atoms with van der Waals surface area (Å²) in [5, 5.41) is 17.9. The topological polar surface area (TPSA) is 95.8 Å². The van der Waals surface area contributed by atoms with Gasteiger partial charge in [0.05, 0.1) is 23.7 Å². The Labute approximate surface area is 237 Å². The molecule has 1 aromatic heterocycles. The maximum absolute atomic E-state index is 15.8. The van der Waals surface area contributed by atoms with Crippen LogP contribution in [0.5, 0.6) is 11.5 Å². The number of rotatable bonds is 8. The van der Waals surface area contributed by atoms with Crippen LogP contribution in [-0.4, -0.2) is 59.3 Å². The van der Waals surface area contributed by atoms with Gasteiger partial charge in [0.25, 0.3) is 5.91 Å². The SMILES string of the molecule is CC(C)C(CO)Nc1c(F)cc2c(=O)c(C(=O)NCCC3CCCN3C)cn3c2c1Oc1cc2ccccc2cc1-3. The van der Waals surface area contributed by atoms with Crippen molar-refractivity contribution in [2.24, 2.45) is 5.92 Å². The van der Waals surface area contributed by atoms with Crippen LogP contribution in [0.25, 0.3) is 27.4 Å². The van der Waals surface area contributed by atoms with Crippen molar-refractivity contribution in [1.29, 1.82) is 0 Å². The number of carbonyl (C=O) groups excluding carboxylic acids is 1. The lowest BCUT2D eigenvalue weighted by atomic mass is 10.0. The van der Waals surface area contributed by atoms with Gasteiger partial charge in [-0.05, 0) is 67.7 Å². The number of aliphatic hydroxyl groups excluding tert-OH is 1.